The molecule has 0 radical (unpaired) electrons. The van der Waals surface area contributed by atoms with Crippen molar-refractivity contribution in [2.24, 2.45) is 0 Å². The fraction of sp³-hybridized carbons (Fsp3) is 0.167. The number of para-hydroxylation sites is 1. The van der Waals surface area contributed by atoms with Crippen LogP contribution in [0.25, 0.3) is 0 Å². The van der Waals surface area contributed by atoms with Crippen molar-refractivity contribution >= 4 is 22.4 Å². The maximum absolute atomic E-state index is 12.2. The molecule has 0 unspecified atom stereocenters. The van der Waals surface area contributed by atoms with Crippen LogP contribution in [0, 0.1) is 6.92 Å². The maximum Gasteiger partial charge on any atom is 0.257 e. The second-order valence-corrected chi connectivity index (χ2v) is 6.24. The van der Waals surface area contributed by atoms with Crippen LogP contribution in [-0.4, -0.2) is 22.7 Å². The summed E-state index contributed by atoms with van der Waals surface area (Å²) in [5.41, 5.74) is 1.57. The number of hydrogen-bond donors (Lipinski definition) is 1. The first-order chi connectivity index (χ1) is 11.7. The third-order valence-corrected chi connectivity index (χ3v) is 4.30. The number of nitrogens with one attached hydrogen (secondary N) is 1. The number of carbonyl (C=O) groups is 1. The van der Waals surface area contributed by atoms with Crippen molar-refractivity contribution in [3.63, 3.8) is 0 Å². The molecule has 1 heterocycles. The maximum atomic E-state index is 12.2. The molecule has 0 saturated carbocycles. The predicted octanol–water partition coefficient (Wildman–Crippen LogP) is 3.72. The van der Waals surface area contributed by atoms with Gasteiger partial charge in [-0.3, -0.25) is 10.1 Å². The van der Waals surface area contributed by atoms with Crippen molar-refractivity contribution in [1.82, 2.24) is 10.2 Å². The first-order valence-corrected chi connectivity index (χ1v) is 8.41. The van der Waals surface area contributed by atoms with E-state index in [-0.39, 0.29) is 5.91 Å². The lowest BCUT2D eigenvalue weighted by atomic mass is 10.1. The quantitative estimate of drug-likeness (QED) is 0.743. The molecule has 0 aliphatic rings. The zero-order valence-corrected chi connectivity index (χ0v) is 14.0. The van der Waals surface area contributed by atoms with Crippen molar-refractivity contribution in [3.8, 4) is 5.75 Å². The fourth-order valence-electron chi connectivity index (χ4n) is 2.17. The smallest absolute Gasteiger partial charge is 0.257 e. The van der Waals surface area contributed by atoms with Crippen LogP contribution in [0.3, 0.4) is 0 Å². The highest BCUT2D eigenvalue weighted by Crippen LogP contribution is 2.18. The van der Waals surface area contributed by atoms with Gasteiger partial charge in [-0.25, -0.2) is 0 Å². The van der Waals surface area contributed by atoms with Gasteiger partial charge >= 0.3 is 0 Å². The molecule has 1 amide bonds. The first-order valence-electron chi connectivity index (χ1n) is 7.59. The van der Waals surface area contributed by atoms with E-state index in [2.05, 4.69) is 15.5 Å². The minimum atomic E-state index is -0.170. The van der Waals surface area contributed by atoms with Crippen LogP contribution in [0.15, 0.2) is 54.6 Å². The molecule has 1 N–H and O–H groups in total. The second-order valence-electron chi connectivity index (χ2n) is 5.18. The summed E-state index contributed by atoms with van der Waals surface area (Å²) < 4.78 is 5.64. The van der Waals surface area contributed by atoms with Crippen molar-refractivity contribution < 1.29 is 9.53 Å². The average molecular weight is 339 g/mol. The molecule has 3 aromatic rings. The summed E-state index contributed by atoms with van der Waals surface area (Å²) in [7, 11) is 0. The zero-order valence-electron chi connectivity index (χ0n) is 13.2. The molecule has 0 aliphatic carbocycles. The Kier molecular flexibility index (Phi) is 5.18. The third-order valence-electron chi connectivity index (χ3n) is 3.40. The number of anilines is 1. The van der Waals surface area contributed by atoms with Gasteiger partial charge in [-0.1, -0.05) is 47.7 Å². The lowest BCUT2D eigenvalue weighted by Gasteiger charge is -2.04. The standard InChI is InChI=1S/C18H17N3O2S/c1-13-7-5-6-10-15(13)17(22)19-18-21-20-16(24-18)11-12-23-14-8-3-2-4-9-14/h2-10H,11-12H2,1H3,(H,19,21,22). The van der Waals surface area contributed by atoms with Gasteiger partial charge in [-0.15, -0.1) is 10.2 Å². The van der Waals surface area contributed by atoms with Gasteiger partial charge in [0.2, 0.25) is 5.13 Å². The Morgan fingerprint density at radius 2 is 1.83 bits per heavy atom. The van der Waals surface area contributed by atoms with E-state index in [0.717, 1.165) is 16.3 Å². The number of carbonyl (C=O) groups excluding carboxylic acids is 1. The Balaban J connectivity index is 1.54. The topological polar surface area (TPSA) is 64.1 Å². The van der Waals surface area contributed by atoms with E-state index in [0.29, 0.717) is 23.7 Å². The Morgan fingerprint density at radius 3 is 2.62 bits per heavy atom. The highest BCUT2D eigenvalue weighted by atomic mass is 32.1. The molecule has 0 fully saturated rings. The molecule has 122 valence electrons. The van der Waals surface area contributed by atoms with E-state index < -0.39 is 0 Å². The van der Waals surface area contributed by atoms with Gasteiger partial charge in [-0.2, -0.15) is 0 Å². The molecule has 0 atom stereocenters. The largest absolute Gasteiger partial charge is 0.493 e. The van der Waals surface area contributed by atoms with Crippen LogP contribution in [-0.2, 0) is 6.42 Å². The number of benzene rings is 2. The molecular weight excluding hydrogens is 322 g/mol. The Hall–Kier alpha value is -2.73. The SMILES string of the molecule is Cc1ccccc1C(=O)Nc1nnc(CCOc2ccccc2)s1. The van der Waals surface area contributed by atoms with Crippen molar-refractivity contribution in [1.29, 1.82) is 0 Å². The van der Waals surface area contributed by atoms with Crippen LogP contribution in [0.2, 0.25) is 0 Å². The number of aryl methyl sites for hydroxylation is 1. The summed E-state index contributed by atoms with van der Waals surface area (Å²) in [5, 5.41) is 12.2. The molecule has 0 spiro atoms. The number of aromatic nitrogens is 2. The number of rotatable bonds is 6. The number of nitrogens with zero attached hydrogens (tertiary/aromatic N) is 2. The molecular formula is C18H17N3O2S. The van der Waals surface area contributed by atoms with Crippen molar-refractivity contribution in [2.45, 2.75) is 13.3 Å². The van der Waals surface area contributed by atoms with Crippen molar-refractivity contribution in [3.05, 3.63) is 70.7 Å². The molecule has 0 bridgehead atoms. The monoisotopic (exact) mass is 339 g/mol. The van der Waals surface area contributed by atoms with Crippen molar-refractivity contribution in [2.75, 3.05) is 11.9 Å². The summed E-state index contributed by atoms with van der Waals surface area (Å²) in [6.07, 6.45) is 0.646. The lowest BCUT2D eigenvalue weighted by molar-refractivity contribution is 0.102. The van der Waals surface area contributed by atoms with Gasteiger partial charge in [-0.05, 0) is 30.7 Å². The summed E-state index contributed by atoms with van der Waals surface area (Å²) in [5.74, 6) is 0.659. The lowest BCUT2D eigenvalue weighted by Crippen LogP contribution is -2.12. The van der Waals surface area contributed by atoms with Crippen LogP contribution in [0.4, 0.5) is 5.13 Å². The summed E-state index contributed by atoms with van der Waals surface area (Å²) in [6.45, 7) is 2.42. The Morgan fingerprint density at radius 1 is 1.08 bits per heavy atom. The molecule has 3 rings (SSSR count). The van der Waals surface area contributed by atoms with Crippen LogP contribution >= 0.6 is 11.3 Å². The van der Waals surface area contributed by atoms with E-state index >= 15 is 0 Å². The molecule has 24 heavy (non-hydrogen) atoms. The molecule has 6 heteroatoms. The average Bonchev–Trinajstić information content (AvgIpc) is 3.03. The Labute approximate surface area is 144 Å². The van der Waals surface area contributed by atoms with Gasteiger partial charge in [0.15, 0.2) is 0 Å². The number of hydrogen-bond acceptors (Lipinski definition) is 5. The van der Waals surface area contributed by atoms with Crippen LogP contribution in [0.1, 0.15) is 20.9 Å². The van der Waals surface area contributed by atoms with Gasteiger partial charge in [0.05, 0.1) is 6.61 Å². The molecule has 5 nitrogen and oxygen atoms in total. The third kappa shape index (κ3) is 4.17. The minimum Gasteiger partial charge on any atom is -0.493 e. The normalized spacial score (nSPS) is 10.4. The van der Waals surface area contributed by atoms with E-state index in [1.165, 1.54) is 11.3 Å². The molecule has 1 aromatic heterocycles. The molecule has 0 saturated heterocycles. The van der Waals surface area contributed by atoms with Gasteiger partial charge in [0, 0.05) is 12.0 Å². The second kappa shape index (κ2) is 7.70. The van der Waals surface area contributed by atoms with Gasteiger partial charge in [0.25, 0.3) is 5.91 Å². The van der Waals surface area contributed by atoms with E-state index in [9.17, 15) is 4.79 Å². The summed E-state index contributed by atoms with van der Waals surface area (Å²) in [4.78, 5) is 12.2. The van der Waals surface area contributed by atoms with E-state index in [1.54, 1.807) is 6.07 Å². The first kappa shape index (κ1) is 16.1. The van der Waals surface area contributed by atoms with Gasteiger partial charge < -0.3 is 4.74 Å². The van der Waals surface area contributed by atoms with E-state index in [4.69, 9.17) is 4.74 Å². The zero-order chi connectivity index (χ0) is 16.8. The number of amides is 1. The predicted molar refractivity (Wildman–Crippen MR) is 94.7 cm³/mol. The van der Waals surface area contributed by atoms with Crippen LogP contribution < -0.4 is 10.1 Å². The fourth-order valence-corrected chi connectivity index (χ4v) is 2.89. The minimum absolute atomic E-state index is 0.170. The highest BCUT2D eigenvalue weighted by molar-refractivity contribution is 7.15. The van der Waals surface area contributed by atoms with E-state index in [1.807, 2.05) is 55.5 Å². The number of ether oxygens (including phenoxy) is 1. The molecule has 2 aromatic carbocycles. The summed E-state index contributed by atoms with van der Waals surface area (Å²) in [6, 6.07) is 17.1. The van der Waals surface area contributed by atoms with Gasteiger partial charge in [0.1, 0.15) is 10.8 Å². The van der Waals surface area contributed by atoms with Crippen LogP contribution in [0.5, 0.6) is 5.75 Å². The molecule has 0 aliphatic heterocycles. The highest BCUT2D eigenvalue weighted by Gasteiger charge is 2.12. The summed E-state index contributed by atoms with van der Waals surface area (Å²) >= 11 is 1.36. The Bertz CT molecular complexity index is 818.